The van der Waals surface area contributed by atoms with E-state index in [1.54, 1.807) is 24.3 Å². The number of hydrogen-bond acceptors (Lipinski definition) is 5. The van der Waals surface area contributed by atoms with Crippen LogP contribution in [-0.2, 0) is 15.1 Å². The van der Waals surface area contributed by atoms with Crippen molar-refractivity contribution < 1.29 is 14.4 Å². The van der Waals surface area contributed by atoms with Gasteiger partial charge in [0.15, 0.2) is 5.16 Å². The fraction of sp³-hybridized carbons (Fsp3) is 0.200. The van der Waals surface area contributed by atoms with Gasteiger partial charge < -0.3 is 10.3 Å². The highest BCUT2D eigenvalue weighted by molar-refractivity contribution is 7.99. The van der Waals surface area contributed by atoms with Crippen LogP contribution < -0.4 is 10.7 Å². The zero-order valence-electron chi connectivity index (χ0n) is 15.6. The normalized spacial score (nSPS) is 18.9. The number of thioether (sulfide) groups is 1. The molecular weight excluding hydrogens is 390 g/mol. The number of aromatic amines is 1. The fourth-order valence-corrected chi connectivity index (χ4v) is 4.00. The molecule has 4 rings (SSSR count). The lowest BCUT2D eigenvalue weighted by Crippen LogP contribution is -2.49. The number of nitrogens with zero attached hydrogens (tertiary/aromatic N) is 2. The number of carbonyl (C=O) groups is 3. The predicted octanol–water partition coefficient (Wildman–Crippen LogP) is 2.54. The van der Waals surface area contributed by atoms with Crippen molar-refractivity contribution in [2.45, 2.75) is 24.0 Å². The maximum Gasteiger partial charge on any atom is 0.344 e. The molecule has 3 N–H and O–H groups in total. The lowest BCUT2D eigenvalue weighted by Gasteiger charge is -2.25. The minimum absolute atomic E-state index is 0.00133. The summed E-state index contributed by atoms with van der Waals surface area (Å²) in [6, 6.07) is 15.9. The van der Waals surface area contributed by atoms with Gasteiger partial charge in [-0.15, -0.1) is 0 Å². The van der Waals surface area contributed by atoms with Gasteiger partial charge >= 0.3 is 6.03 Å². The number of carbonyl (C=O) groups excluding carboxylic acids is 3. The number of para-hydroxylation sites is 2. The molecule has 0 spiro atoms. The van der Waals surface area contributed by atoms with Crippen molar-refractivity contribution in [3.05, 3.63) is 60.2 Å². The highest BCUT2D eigenvalue weighted by Crippen LogP contribution is 2.31. The number of aromatic nitrogens is 2. The van der Waals surface area contributed by atoms with Gasteiger partial charge in [-0.25, -0.2) is 9.78 Å². The molecule has 0 bridgehead atoms. The van der Waals surface area contributed by atoms with Gasteiger partial charge in [0.25, 0.3) is 5.91 Å². The zero-order valence-corrected chi connectivity index (χ0v) is 16.5. The highest BCUT2D eigenvalue weighted by Gasteiger charge is 2.52. The Hall–Kier alpha value is -3.33. The number of urea groups is 1. The SMILES string of the molecule is CC[C@]1(c2ccccc2)NC(=O)N(NC(=O)CSc2nc3ccccc3[nH]2)C1=O. The van der Waals surface area contributed by atoms with Crippen molar-refractivity contribution in [2.24, 2.45) is 0 Å². The van der Waals surface area contributed by atoms with E-state index in [0.717, 1.165) is 16.0 Å². The van der Waals surface area contributed by atoms with E-state index in [-0.39, 0.29) is 5.75 Å². The number of fused-ring (bicyclic) bond motifs is 1. The summed E-state index contributed by atoms with van der Waals surface area (Å²) >= 11 is 1.19. The molecule has 1 fully saturated rings. The molecule has 29 heavy (non-hydrogen) atoms. The predicted molar refractivity (Wildman–Crippen MR) is 109 cm³/mol. The van der Waals surface area contributed by atoms with E-state index in [0.29, 0.717) is 17.1 Å². The van der Waals surface area contributed by atoms with Crippen molar-refractivity contribution in [2.75, 3.05) is 5.75 Å². The molecule has 1 atom stereocenters. The summed E-state index contributed by atoms with van der Waals surface area (Å²) in [5.41, 5.74) is 3.58. The molecule has 8 nitrogen and oxygen atoms in total. The Bertz CT molecular complexity index is 1050. The van der Waals surface area contributed by atoms with Crippen LogP contribution in [0.2, 0.25) is 0 Å². The van der Waals surface area contributed by atoms with E-state index in [9.17, 15) is 14.4 Å². The number of H-pyrrole nitrogens is 1. The van der Waals surface area contributed by atoms with Crippen LogP contribution in [0.5, 0.6) is 0 Å². The first kappa shape index (κ1) is 19.0. The Morgan fingerprint density at radius 3 is 2.59 bits per heavy atom. The lowest BCUT2D eigenvalue weighted by atomic mass is 9.87. The first-order valence-electron chi connectivity index (χ1n) is 9.13. The van der Waals surface area contributed by atoms with Crippen LogP contribution in [0.25, 0.3) is 11.0 Å². The standard InChI is InChI=1S/C20H19N5O3S/c1-2-20(13-8-4-3-5-9-13)17(27)25(19(28)23-20)24-16(26)12-29-18-21-14-10-6-7-11-15(14)22-18/h3-11H,2,12H2,1H3,(H,21,22)(H,23,28)(H,24,26)/t20-/m1/s1. The molecule has 2 aromatic carbocycles. The molecular formula is C20H19N5O3S. The molecule has 4 amide bonds. The monoisotopic (exact) mass is 409 g/mol. The summed E-state index contributed by atoms with van der Waals surface area (Å²) in [5.74, 6) is -0.973. The molecule has 1 aliphatic heterocycles. The van der Waals surface area contributed by atoms with E-state index in [1.165, 1.54) is 11.8 Å². The van der Waals surface area contributed by atoms with Gasteiger partial charge in [-0.3, -0.25) is 15.0 Å². The van der Waals surface area contributed by atoms with Crippen LogP contribution in [0.1, 0.15) is 18.9 Å². The van der Waals surface area contributed by atoms with E-state index in [2.05, 4.69) is 20.7 Å². The van der Waals surface area contributed by atoms with Crippen molar-refractivity contribution in [1.82, 2.24) is 25.7 Å². The first-order valence-corrected chi connectivity index (χ1v) is 10.1. The molecule has 0 aliphatic carbocycles. The summed E-state index contributed by atoms with van der Waals surface area (Å²) in [4.78, 5) is 45.3. The molecule has 148 valence electrons. The van der Waals surface area contributed by atoms with Crippen LogP contribution in [0.15, 0.2) is 59.8 Å². The molecule has 0 radical (unpaired) electrons. The first-order chi connectivity index (χ1) is 14.0. The zero-order chi connectivity index (χ0) is 20.4. The third-order valence-corrected chi connectivity index (χ3v) is 5.71. The summed E-state index contributed by atoms with van der Waals surface area (Å²) in [7, 11) is 0. The lowest BCUT2D eigenvalue weighted by molar-refractivity contribution is -0.138. The molecule has 0 saturated carbocycles. The average Bonchev–Trinajstić information content (AvgIpc) is 3.27. The van der Waals surface area contributed by atoms with Gasteiger partial charge in [0.1, 0.15) is 5.54 Å². The van der Waals surface area contributed by atoms with Gasteiger partial charge in [0, 0.05) is 0 Å². The van der Waals surface area contributed by atoms with Crippen LogP contribution in [0, 0.1) is 0 Å². The van der Waals surface area contributed by atoms with E-state index >= 15 is 0 Å². The van der Waals surface area contributed by atoms with Crippen molar-refractivity contribution >= 4 is 40.6 Å². The van der Waals surface area contributed by atoms with Crippen LogP contribution in [-0.4, -0.2) is 38.6 Å². The smallest absolute Gasteiger partial charge is 0.333 e. The van der Waals surface area contributed by atoms with Gasteiger partial charge in [-0.1, -0.05) is 61.2 Å². The Balaban J connectivity index is 1.44. The molecule has 1 saturated heterocycles. The molecule has 1 aliphatic rings. The minimum atomic E-state index is -1.18. The third kappa shape index (κ3) is 3.44. The Morgan fingerprint density at radius 2 is 1.86 bits per heavy atom. The molecule has 0 unspecified atom stereocenters. The second kappa shape index (κ2) is 7.59. The number of amides is 4. The third-order valence-electron chi connectivity index (χ3n) is 4.83. The molecule has 3 aromatic rings. The van der Waals surface area contributed by atoms with Crippen molar-refractivity contribution in [3.63, 3.8) is 0 Å². The maximum atomic E-state index is 13.0. The summed E-state index contributed by atoms with van der Waals surface area (Å²) < 4.78 is 0. The number of benzene rings is 2. The number of imide groups is 1. The fourth-order valence-electron chi connectivity index (χ4n) is 3.33. The Morgan fingerprint density at radius 1 is 1.14 bits per heavy atom. The topological polar surface area (TPSA) is 107 Å². The molecule has 2 heterocycles. The molecule has 9 heteroatoms. The van der Waals surface area contributed by atoms with Gasteiger partial charge in [0.2, 0.25) is 5.91 Å². The maximum absolute atomic E-state index is 13.0. The van der Waals surface area contributed by atoms with Crippen LogP contribution in [0.4, 0.5) is 4.79 Å². The quantitative estimate of drug-likeness (QED) is 0.428. The number of imidazole rings is 1. The molecule has 1 aromatic heterocycles. The van der Waals surface area contributed by atoms with Crippen molar-refractivity contribution in [1.29, 1.82) is 0 Å². The van der Waals surface area contributed by atoms with Crippen LogP contribution >= 0.6 is 11.8 Å². The van der Waals surface area contributed by atoms with E-state index < -0.39 is 23.4 Å². The van der Waals surface area contributed by atoms with Gasteiger partial charge in [-0.2, -0.15) is 5.01 Å². The second-order valence-corrected chi connectivity index (χ2v) is 7.54. The average molecular weight is 409 g/mol. The van der Waals surface area contributed by atoms with Crippen molar-refractivity contribution in [3.8, 4) is 0 Å². The highest BCUT2D eigenvalue weighted by atomic mass is 32.2. The van der Waals surface area contributed by atoms with Crippen LogP contribution in [0.3, 0.4) is 0 Å². The summed E-state index contributed by atoms with van der Waals surface area (Å²) in [5, 5.41) is 4.08. The Labute approximate surface area is 171 Å². The van der Waals surface area contributed by atoms with E-state index in [4.69, 9.17) is 0 Å². The van der Waals surface area contributed by atoms with Gasteiger partial charge in [0.05, 0.1) is 16.8 Å². The summed E-state index contributed by atoms with van der Waals surface area (Å²) in [6.07, 6.45) is 0.363. The number of nitrogens with one attached hydrogen (secondary N) is 3. The number of hydrogen-bond donors (Lipinski definition) is 3. The summed E-state index contributed by atoms with van der Waals surface area (Å²) in [6.45, 7) is 1.81. The van der Waals surface area contributed by atoms with E-state index in [1.807, 2.05) is 37.3 Å². The number of hydrazine groups is 1. The Kier molecular flexibility index (Phi) is 4.98. The minimum Gasteiger partial charge on any atom is -0.333 e. The second-order valence-electron chi connectivity index (χ2n) is 6.58. The number of rotatable bonds is 6. The van der Waals surface area contributed by atoms with Gasteiger partial charge in [-0.05, 0) is 24.1 Å². The largest absolute Gasteiger partial charge is 0.344 e.